The van der Waals surface area contributed by atoms with E-state index in [1.807, 2.05) is 0 Å². The minimum absolute atomic E-state index is 0.706. The number of aromatic nitrogens is 3. The first-order valence-electron chi connectivity index (χ1n) is 8.42. The van der Waals surface area contributed by atoms with Gasteiger partial charge >= 0.3 is 0 Å². The van der Waals surface area contributed by atoms with Crippen molar-refractivity contribution in [1.82, 2.24) is 20.3 Å². The average molecular weight is 309 g/mol. The molecule has 1 aliphatic heterocycles. The molecule has 2 aliphatic rings. The fourth-order valence-corrected chi connectivity index (χ4v) is 3.71. The van der Waals surface area contributed by atoms with E-state index in [0.717, 1.165) is 61.3 Å². The van der Waals surface area contributed by atoms with Gasteiger partial charge in [0.1, 0.15) is 11.8 Å². The molecule has 0 atom stereocenters. The van der Waals surface area contributed by atoms with Gasteiger partial charge in [0.2, 0.25) is 5.71 Å². The van der Waals surface area contributed by atoms with Crippen molar-refractivity contribution >= 4 is 28.0 Å². The van der Waals surface area contributed by atoms with Crippen molar-refractivity contribution in [3.05, 3.63) is 23.7 Å². The Kier molecular flexibility index (Phi) is 2.97. The number of rotatable bonds is 1. The van der Waals surface area contributed by atoms with Gasteiger partial charge in [-0.05, 0) is 37.3 Å². The Labute approximate surface area is 133 Å². The Balaban J connectivity index is 1.72. The molecular formula is C17H19N5O. The number of anilines is 1. The number of hydrogen-bond donors (Lipinski definition) is 1. The average Bonchev–Trinajstić information content (AvgIpc) is 2.98. The van der Waals surface area contributed by atoms with Crippen molar-refractivity contribution in [2.45, 2.75) is 25.7 Å². The molecule has 3 aromatic heterocycles. The molecule has 23 heavy (non-hydrogen) atoms. The van der Waals surface area contributed by atoms with Gasteiger partial charge < -0.3 is 14.6 Å². The largest absolute Gasteiger partial charge is 0.432 e. The Morgan fingerprint density at radius 2 is 1.96 bits per heavy atom. The Morgan fingerprint density at radius 3 is 2.87 bits per heavy atom. The molecule has 0 radical (unpaired) electrons. The Hall–Kier alpha value is -2.21. The van der Waals surface area contributed by atoms with Crippen LogP contribution in [0.2, 0.25) is 0 Å². The molecule has 1 N–H and O–H groups in total. The molecule has 0 bridgehead atoms. The predicted octanol–water partition coefficient (Wildman–Crippen LogP) is 2.06. The molecule has 0 amide bonds. The van der Waals surface area contributed by atoms with Gasteiger partial charge in [0.15, 0.2) is 11.4 Å². The van der Waals surface area contributed by atoms with Crippen LogP contribution in [0.5, 0.6) is 0 Å². The molecule has 6 nitrogen and oxygen atoms in total. The van der Waals surface area contributed by atoms with Gasteiger partial charge in [-0.2, -0.15) is 0 Å². The van der Waals surface area contributed by atoms with Gasteiger partial charge in [0, 0.05) is 31.9 Å². The van der Waals surface area contributed by atoms with Gasteiger partial charge in [-0.3, -0.25) is 0 Å². The van der Waals surface area contributed by atoms with Crippen LogP contribution in [-0.4, -0.2) is 41.1 Å². The highest BCUT2D eigenvalue weighted by Gasteiger charge is 2.22. The van der Waals surface area contributed by atoms with Gasteiger partial charge in [0.05, 0.1) is 5.39 Å². The maximum atomic E-state index is 6.10. The molecule has 1 aliphatic carbocycles. The second kappa shape index (κ2) is 5.16. The topological polar surface area (TPSA) is 67.1 Å². The summed E-state index contributed by atoms with van der Waals surface area (Å²) in [6.07, 6.45) is 6.28. The zero-order chi connectivity index (χ0) is 15.2. The van der Waals surface area contributed by atoms with Crippen LogP contribution < -0.4 is 10.2 Å². The fourth-order valence-electron chi connectivity index (χ4n) is 3.71. The summed E-state index contributed by atoms with van der Waals surface area (Å²) in [6.45, 7) is 3.82. The van der Waals surface area contributed by atoms with Gasteiger partial charge in [0.25, 0.3) is 0 Å². The van der Waals surface area contributed by atoms with Gasteiger partial charge in [-0.15, -0.1) is 0 Å². The highest BCUT2D eigenvalue weighted by Crippen LogP contribution is 2.34. The number of nitrogens with one attached hydrogen (secondary N) is 1. The second-order valence-electron chi connectivity index (χ2n) is 6.37. The third-order valence-electron chi connectivity index (χ3n) is 4.92. The highest BCUT2D eigenvalue weighted by molar-refractivity contribution is 6.04. The highest BCUT2D eigenvalue weighted by atomic mass is 16.3. The Bertz CT molecular complexity index is 881. The van der Waals surface area contributed by atoms with Crippen molar-refractivity contribution in [2.75, 3.05) is 31.1 Å². The molecule has 0 saturated carbocycles. The van der Waals surface area contributed by atoms with Crippen molar-refractivity contribution in [1.29, 1.82) is 0 Å². The quantitative estimate of drug-likeness (QED) is 0.742. The van der Waals surface area contributed by atoms with Crippen LogP contribution in [-0.2, 0) is 12.8 Å². The molecule has 5 rings (SSSR count). The standard InChI is InChI=1S/C17H19N5O/c1-2-4-13-11(3-1)9-12-14-15(23-17(12)21-13)16(20-10-19-14)22-7-5-18-6-8-22/h9-10,18H,1-8H2. The minimum Gasteiger partial charge on any atom is -0.432 e. The van der Waals surface area contributed by atoms with E-state index in [1.165, 1.54) is 24.1 Å². The number of fused-ring (bicyclic) bond motifs is 4. The predicted molar refractivity (Wildman–Crippen MR) is 88.8 cm³/mol. The summed E-state index contributed by atoms with van der Waals surface area (Å²) in [7, 11) is 0. The van der Waals surface area contributed by atoms with Crippen molar-refractivity contribution < 1.29 is 4.42 Å². The molecule has 6 heteroatoms. The molecule has 0 aromatic carbocycles. The van der Waals surface area contributed by atoms with E-state index in [-0.39, 0.29) is 0 Å². The van der Waals surface area contributed by atoms with Crippen LogP contribution in [0.25, 0.3) is 22.2 Å². The molecule has 1 saturated heterocycles. The lowest BCUT2D eigenvalue weighted by Gasteiger charge is -2.27. The smallest absolute Gasteiger partial charge is 0.229 e. The summed E-state index contributed by atoms with van der Waals surface area (Å²) in [4.78, 5) is 16.0. The first-order chi connectivity index (χ1) is 11.4. The normalized spacial score (nSPS) is 18.5. The lowest BCUT2D eigenvalue weighted by molar-refractivity contribution is 0.578. The molecule has 0 spiro atoms. The zero-order valence-corrected chi connectivity index (χ0v) is 13.0. The second-order valence-corrected chi connectivity index (χ2v) is 6.37. The number of furan rings is 1. The molecule has 1 fully saturated rings. The third kappa shape index (κ3) is 2.09. The maximum Gasteiger partial charge on any atom is 0.229 e. The van der Waals surface area contributed by atoms with Crippen molar-refractivity contribution in [3.8, 4) is 0 Å². The number of hydrogen-bond acceptors (Lipinski definition) is 6. The summed E-state index contributed by atoms with van der Waals surface area (Å²) in [5.41, 5.74) is 4.93. The lowest BCUT2D eigenvalue weighted by atomic mass is 9.95. The molecule has 0 unspecified atom stereocenters. The summed E-state index contributed by atoms with van der Waals surface area (Å²) in [6, 6.07) is 2.23. The monoisotopic (exact) mass is 309 g/mol. The van der Waals surface area contributed by atoms with Crippen LogP contribution in [0.15, 0.2) is 16.8 Å². The number of nitrogens with zero attached hydrogens (tertiary/aromatic N) is 4. The third-order valence-corrected chi connectivity index (χ3v) is 4.92. The van der Waals surface area contributed by atoms with E-state index < -0.39 is 0 Å². The van der Waals surface area contributed by atoms with Crippen LogP contribution in [0.4, 0.5) is 5.82 Å². The van der Waals surface area contributed by atoms with E-state index in [9.17, 15) is 0 Å². The maximum absolute atomic E-state index is 6.10. The molecule has 3 aromatic rings. The van der Waals surface area contributed by atoms with E-state index in [0.29, 0.717) is 5.71 Å². The van der Waals surface area contributed by atoms with E-state index in [4.69, 9.17) is 9.40 Å². The van der Waals surface area contributed by atoms with E-state index >= 15 is 0 Å². The fraction of sp³-hybridized carbons (Fsp3) is 0.471. The summed E-state index contributed by atoms with van der Waals surface area (Å²) in [5.74, 6) is 0.896. The molecule has 4 heterocycles. The van der Waals surface area contributed by atoms with E-state index in [1.54, 1.807) is 6.33 Å². The van der Waals surface area contributed by atoms with Gasteiger partial charge in [-0.1, -0.05) is 0 Å². The summed E-state index contributed by atoms with van der Waals surface area (Å²) >= 11 is 0. The number of pyridine rings is 1. The van der Waals surface area contributed by atoms with Crippen molar-refractivity contribution in [3.63, 3.8) is 0 Å². The molecule has 118 valence electrons. The molecular weight excluding hydrogens is 290 g/mol. The van der Waals surface area contributed by atoms with E-state index in [2.05, 4.69) is 26.3 Å². The van der Waals surface area contributed by atoms with Gasteiger partial charge in [-0.25, -0.2) is 15.0 Å². The number of aryl methyl sites for hydroxylation is 2. The zero-order valence-electron chi connectivity index (χ0n) is 13.0. The Morgan fingerprint density at radius 1 is 1.09 bits per heavy atom. The van der Waals surface area contributed by atoms with Crippen LogP contribution in [0.3, 0.4) is 0 Å². The summed E-state index contributed by atoms with van der Waals surface area (Å²) < 4.78 is 6.10. The van der Waals surface area contributed by atoms with Crippen LogP contribution in [0.1, 0.15) is 24.1 Å². The lowest BCUT2D eigenvalue weighted by Crippen LogP contribution is -2.43. The minimum atomic E-state index is 0.706. The summed E-state index contributed by atoms with van der Waals surface area (Å²) in [5, 5.41) is 4.40. The SMILES string of the molecule is c1nc(N2CCNCC2)c2oc3nc4c(cc3c2n1)CCCC4. The first kappa shape index (κ1) is 13.2. The number of piperazine rings is 1. The van der Waals surface area contributed by atoms with Crippen molar-refractivity contribution in [2.24, 2.45) is 0 Å². The van der Waals surface area contributed by atoms with Crippen LogP contribution in [0, 0.1) is 0 Å². The van der Waals surface area contributed by atoms with Crippen LogP contribution >= 0.6 is 0 Å². The first-order valence-corrected chi connectivity index (χ1v) is 8.42.